The highest BCUT2D eigenvalue weighted by molar-refractivity contribution is 8.01. The van der Waals surface area contributed by atoms with Gasteiger partial charge in [-0.15, -0.1) is 10.2 Å². The maximum absolute atomic E-state index is 12.1. The fourth-order valence-electron chi connectivity index (χ4n) is 1.69. The van der Waals surface area contributed by atoms with Gasteiger partial charge in [0.25, 0.3) is 0 Å². The Morgan fingerprint density at radius 1 is 1.38 bits per heavy atom. The van der Waals surface area contributed by atoms with E-state index in [0.717, 1.165) is 5.69 Å². The zero-order chi connectivity index (χ0) is 17.7. The van der Waals surface area contributed by atoms with E-state index in [0.29, 0.717) is 9.47 Å². The topological polar surface area (TPSA) is 81.9 Å². The predicted molar refractivity (Wildman–Crippen MR) is 97.6 cm³/mol. The molecule has 0 atom stereocenters. The van der Waals surface area contributed by atoms with E-state index in [1.807, 2.05) is 31.2 Å². The molecule has 0 radical (unpaired) electrons. The lowest BCUT2D eigenvalue weighted by molar-refractivity contribution is -0.130. The summed E-state index contributed by atoms with van der Waals surface area (Å²) in [4.78, 5) is 13.6. The van der Waals surface area contributed by atoms with E-state index in [9.17, 15) is 4.79 Å². The van der Waals surface area contributed by atoms with Crippen molar-refractivity contribution in [2.24, 2.45) is 0 Å². The first kappa shape index (κ1) is 18.2. The van der Waals surface area contributed by atoms with Gasteiger partial charge in [-0.25, -0.2) is 0 Å². The summed E-state index contributed by atoms with van der Waals surface area (Å²) in [5, 5.41) is 21.1. The van der Waals surface area contributed by atoms with Crippen LogP contribution >= 0.6 is 23.1 Å². The molecule has 2 aromatic rings. The Morgan fingerprint density at radius 3 is 2.67 bits per heavy atom. The summed E-state index contributed by atoms with van der Waals surface area (Å²) >= 11 is 2.71. The second-order valence-corrected chi connectivity index (χ2v) is 7.98. The van der Waals surface area contributed by atoms with E-state index in [1.165, 1.54) is 33.6 Å². The van der Waals surface area contributed by atoms with Crippen LogP contribution in [0.1, 0.15) is 19.4 Å². The van der Waals surface area contributed by atoms with Crippen molar-refractivity contribution in [3.63, 3.8) is 0 Å². The molecule has 2 rings (SSSR count). The maximum atomic E-state index is 12.1. The summed E-state index contributed by atoms with van der Waals surface area (Å²) in [7, 11) is 1.64. The fourth-order valence-corrected chi connectivity index (χ4v) is 3.37. The van der Waals surface area contributed by atoms with Crippen LogP contribution in [0.5, 0.6) is 0 Å². The molecular formula is C16H19N5OS2. The molecule has 1 N–H and O–H groups in total. The molecule has 6 nitrogen and oxygen atoms in total. The molecule has 8 heteroatoms. The van der Waals surface area contributed by atoms with Crippen LogP contribution in [0, 0.1) is 18.3 Å². The number of carbonyl (C=O) groups excluding carboxylic acids is 1. The maximum Gasteiger partial charge on any atom is 0.234 e. The zero-order valence-electron chi connectivity index (χ0n) is 14.0. The van der Waals surface area contributed by atoms with Crippen molar-refractivity contribution in [3.05, 3.63) is 29.8 Å². The van der Waals surface area contributed by atoms with Gasteiger partial charge in [-0.1, -0.05) is 40.8 Å². The number of nitriles is 1. The van der Waals surface area contributed by atoms with Crippen LogP contribution in [0.2, 0.25) is 0 Å². The van der Waals surface area contributed by atoms with E-state index in [1.54, 1.807) is 20.9 Å². The summed E-state index contributed by atoms with van der Waals surface area (Å²) in [6, 6.07) is 10.1. The van der Waals surface area contributed by atoms with Gasteiger partial charge in [-0.05, 0) is 32.9 Å². The van der Waals surface area contributed by atoms with Crippen LogP contribution < -0.4 is 5.32 Å². The molecule has 1 heterocycles. The molecule has 0 aliphatic rings. The van der Waals surface area contributed by atoms with E-state index < -0.39 is 5.54 Å². The smallest absolute Gasteiger partial charge is 0.234 e. The Bertz CT molecular complexity index is 749. The largest absolute Gasteiger partial charge is 0.330 e. The molecule has 24 heavy (non-hydrogen) atoms. The third-order valence-corrected chi connectivity index (χ3v) is 5.47. The Labute approximate surface area is 149 Å². The van der Waals surface area contributed by atoms with E-state index >= 15 is 0 Å². The number of nitrogens with zero attached hydrogens (tertiary/aromatic N) is 4. The van der Waals surface area contributed by atoms with Gasteiger partial charge in [-0.2, -0.15) is 5.26 Å². The van der Waals surface area contributed by atoms with Gasteiger partial charge in [0, 0.05) is 12.7 Å². The van der Waals surface area contributed by atoms with Crippen LogP contribution in [0.15, 0.2) is 28.6 Å². The summed E-state index contributed by atoms with van der Waals surface area (Å²) in [5.41, 5.74) is 1.31. The molecule has 1 aromatic carbocycles. The standard InChI is InChI=1S/C16H19N5OS2/c1-11-5-7-12(8-6-11)18-14-19-20-15(24-14)23-9-13(22)21(4)16(2,3)10-17/h5-8H,9H2,1-4H3,(H,18,19). The van der Waals surface area contributed by atoms with Crippen LogP contribution in [-0.4, -0.2) is 39.3 Å². The lowest BCUT2D eigenvalue weighted by atomic mass is 10.1. The lowest BCUT2D eigenvalue weighted by Gasteiger charge is -2.28. The first-order chi connectivity index (χ1) is 11.3. The second kappa shape index (κ2) is 7.64. The minimum Gasteiger partial charge on any atom is -0.330 e. The third-order valence-electron chi connectivity index (χ3n) is 3.51. The van der Waals surface area contributed by atoms with Gasteiger partial charge in [-0.3, -0.25) is 4.79 Å². The Balaban J connectivity index is 1.91. The van der Waals surface area contributed by atoms with Crippen LogP contribution in [-0.2, 0) is 4.79 Å². The highest BCUT2D eigenvalue weighted by Crippen LogP contribution is 2.28. The van der Waals surface area contributed by atoms with Crippen molar-refractivity contribution in [1.82, 2.24) is 15.1 Å². The molecular weight excluding hydrogens is 342 g/mol. The van der Waals surface area contributed by atoms with E-state index in [-0.39, 0.29) is 11.7 Å². The van der Waals surface area contributed by atoms with E-state index in [4.69, 9.17) is 5.26 Å². The number of nitrogens with one attached hydrogen (secondary N) is 1. The molecule has 0 unspecified atom stereocenters. The van der Waals surface area contributed by atoms with Gasteiger partial charge in [0.15, 0.2) is 4.34 Å². The fraction of sp³-hybridized carbons (Fsp3) is 0.375. The minimum absolute atomic E-state index is 0.116. The zero-order valence-corrected chi connectivity index (χ0v) is 15.7. The quantitative estimate of drug-likeness (QED) is 0.794. The first-order valence-electron chi connectivity index (χ1n) is 7.30. The van der Waals surface area contributed by atoms with Gasteiger partial charge in [0.05, 0.1) is 11.8 Å². The first-order valence-corrected chi connectivity index (χ1v) is 9.10. The number of amides is 1. The van der Waals surface area contributed by atoms with Crippen LogP contribution in [0.4, 0.5) is 10.8 Å². The van der Waals surface area contributed by atoms with Crippen LogP contribution in [0.25, 0.3) is 0 Å². The summed E-state index contributed by atoms with van der Waals surface area (Å²) in [6.45, 7) is 5.46. The van der Waals surface area contributed by atoms with Gasteiger partial charge >= 0.3 is 0 Å². The molecule has 0 aliphatic heterocycles. The molecule has 1 aromatic heterocycles. The number of anilines is 2. The number of hydrogen-bond acceptors (Lipinski definition) is 7. The molecule has 0 bridgehead atoms. The number of aromatic nitrogens is 2. The number of aryl methyl sites for hydroxylation is 1. The molecule has 0 saturated carbocycles. The predicted octanol–water partition coefficient (Wildman–Crippen LogP) is 3.44. The normalized spacial score (nSPS) is 11.0. The van der Waals surface area contributed by atoms with Crippen molar-refractivity contribution in [1.29, 1.82) is 5.26 Å². The van der Waals surface area contributed by atoms with Gasteiger partial charge in [0.1, 0.15) is 5.54 Å². The molecule has 0 aliphatic carbocycles. The minimum atomic E-state index is -0.822. The van der Waals surface area contributed by atoms with Gasteiger partial charge < -0.3 is 10.2 Å². The molecule has 0 spiro atoms. The highest BCUT2D eigenvalue weighted by Gasteiger charge is 2.27. The van der Waals surface area contributed by atoms with Crippen LogP contribution in [0.3, 0.4) is 0 Å². The van der Waals surface area contributed by atoms with Gasteiger partial charge in [0.2, 0.25) is 11.0 Å². The average Bonchev–Trinajstić information content (AvgIpc) is 3.01. The molecule has 0 saturated heterocycles. The van der Waals surface area contributed by atoms with Crippen molar-refractivity contribution < 1.29 is 4.79 Å². The monoisotopic (exact) mass is 361 g/mol. The highest BCUT2D eigenvalue weighted by atomic mass is 32.2. The van der Waals surface area contributed by atoms with E-state index in [2.05, 4.69) is 21.6 Å². The number of hydrogen-bond donors (Lipinski definition) is 1. The lowest BCUT2D eigenvalue weighted by Crippen LogP contribution is -2.44. The second-order valence-electron chi connectivity index (χ2n) is 5.78. The number of carbonyl (C=O) groups is 1. The summed E-state index contributed by atoms with van der Waals surface area (Å²) in [6.07, 6.45) is 0. The molecule has 0 fully saturated rings. The van der Waals surface area contributed by atoms with Crippen molar-refractivity contribution >= 4 is 39.8 Å². The molecule has 126 valence electrons. The number of benzene rings is 1. The van der Waals surface area contributed by atoms with Crippen molar-refractivity contribution in [3.8, 4) is 6.07 Å². The Hall–Kier alpha value is -2.11. The average molecular weight is 361 g/mol. The van der Waals surface area contributed by atoms with Crippen molar-refractivity contribution in [2.75, 3.05) is 18.1 Å². The summed E-state index contributed by atoms with van der Waals surface area (Å²) < 4.78 is 0.709. The number of thioether (sulfide) groups is 1. The van der Waals surface area contributed by atoms with Crippen molar-refractivity contribution in [2.45, 2.75) is 30.6 Å². The third kappa shape index (κ3) is 4.69. The Morgan fingerprint density at radius 2 is 2.04 bits per heavy atom. The summed E-state index contributed by atoms with van der Waals surface area (Å²) in [5.74, 6) is 0.107. The Kier molecular flexibility index (Phi) is 5.80. The molecule has 1 amide bonds. The number of rotatable bonds is 6. The SMILES string of the molecule is Cc1ccc(Nc2nnc(SCC(=O)N(C)C(C)(C)C#N)s2)cc1.